The Hall–Kier alpha value is -3.78. The minimum Gasteiger partial charge on any atom is -0.497 e. The normalized spacial score (nSPS) is 15.5. The molecule has 0 amide bonds. The molecule has 1 aliphatic heterocycles. The molecule has 1 atom stereocenters. The van der Waals surface area contributed by atoms with Crippen molar-refractivity contribution in [1.29, 1.82) is 0 Å². The van der Waals surface area contributed by atoms with Gasteiger partial charge in [-0.3, -0.25) is 13.9 Å². The molecule has 0 saturated carbocycles. The number of aryl methyl sites for hydroxylation is 1. The fourth-order valence-corrected chi connectivity index (χ4v) is 4.75. The Morgan fingerprint density at radius 1 is 0.970 bits per heavy atom. The molecule has 0 radical (unpaired) electrons. The van der Waals surface area contributed by atoms with Crippen molar-refractivity contribution >= 4 is 10.9 Å². The Kier molecular flexibility index (Phi) is 5.09. The molecule has 8 nitrogen and oxygen atoms in total. The Morgan fingerprint density at radius 2 is 1.73 bits per heavy atom. The largest absolute Gasteiger partial charge is 0.497 e. The predicted octanol–water partition coefficient (Wildman–Crippen LogP) is 2.84. The van der Waals surface area contributed by atoms with Crippen LogP contribution in [0.1, 0.15) is 17.4 Å². The quantitative estimate of drug-likeness (QED) is 0.481. The van der Waals surface area contributed by atoms with Crippen LogP contribution in [0.15, 0.2) is 58.1 Å². The summed E-state index contributed by atoms with van der Waals surface area (Å²) in [5.41, 5.74) is 3.12. The summed E-state index contributed by atoms with van der Waals surface area (Å²) in [5.74, 6) is 1.27. The molecule has 0 N–H and O–H groups in total. The van der Waals surface area contributed by atoms with E-state index in [0.29, 0.717) is 35.6 Å². The van der Waals surface area contributed by atoms with Gasteiger partial charge in [0.2, 0.25) is 0 Å². The highest BCUT2D eigenvalue weighted by atomic mass is 16.5. The third-order valence-corrected chi connectivity index (χ3v) is 6.32. The molecule has 2 aromatic carbocycles. The molecule has 2 aromatic heterocycles. The van der Waals surface area contributed by atoms with E-state index < -0.39 is 6.10 Å². The van der Waals surface area contributed by atoms with E-state index in [0.717, 1.165) is 27.1 Å². The van der Waals surface area contributed by atoms with Crippen molar-refractivity contribution in [2.45, 2.75) is 12.6 Å². The lowest BCUT2D eigenvalue weighted by Gasteiger charge is -2.28. The van der Waals surface area contributed by atoms with Gasteiger partial charge in [0, 0.05) is 32.3 Å². The first-order chi connectivity index (χ1) is 16.0. The molecule has 4 aromatic rings. The van der Waals surface area contributed by atoms with Gasteiger partial charge < -0.3 is 18.8 Å². The minimum atomic E-state index is -0.530. The minimum absolute atomic E-state index is 0.325. The number of ether oxygens (including phenoxy) is 3. The van der Waals surface area contributed by atoms with E-state index in [-0.39, 0.29) is 11.2 Å². The van der Waals surface area contributed by atoms with Gasteiger partial charge in [0.1, 0.15) is 17.6 Å². The average molecular weight is 447 g/mol. The summed E-state index contributed by atoms with van der Waals surface area (Å²) in [7, 11) is 6.40. The zero-order valence-corrected chi connectivity index (χ0v) is 19.0. The first-order valence-electron chi connectivity index (χ1n) is 10.7. The van der Waals surface area contributed by atoms with Gasteiger partial charge in [0.05, 0.1) is 43.1 Å². The topological polar surface area (TPSA) is 76.6 Å². The Balaban J connectivity index is 1.91. The highest BCUT2D eigenvalue weighted by molar-refractivity contribution is 5.96. The summed E-state index contributed by atoms with van der Waals surface area (Å²) >= 11 is 0. The first-order valence-corrected chi connectivity index (χ1v) is 10.7. The maximum atomic E-state index is 13.4. The van der Waals surface area contributed by atoms with Gasteiger partial charge in [0.25, 0.3) is 5.56 Å². The van der Waals surface area contributed by atoms with Crippen LogP contribution in [0, 0.1) is 0 Å². The number of methoxy groups -OCH3 is 2. The molecule has 0 aliphatic carbocycles. The van der Waals surface area contributed by atoms with Crippen LogP contribution in [-0.2, 0) is 25.4 Å². The Bertz CT molecular complexity index is 1480. The van der Waals surface area contributed by atoms with Crippen LogP contribution in [0.3, 0.4) is 0 Å². The molecular formula is C25H25N3O5. The Labute approximate surface area is 190 Å². The van der Waals surface area contributed by atoms with Crippen LogP contribution >= 0.6 is 0 Å². The summed E-state index contributed by atoms with van der Waals surface area (Å²) in [4.78, 5) is 26.3. The third-order valence-electron chi connectivity index (χ3n) is 6.32. The van der Waals surface area contributed by atoms with E-state index in [1.165, 1.54) is 11.6 Å². The fraction of sp³-hybridized carbons (Fsp3) is 0.280. The van der Waals surface area contributed by atoms with Crippen molar-refractivity contribution in [3.63, 3.8) is 0 Å². The molecule has 0 fully saturated rings. The number of rotatable bonds is 4. The van der Waals surface area contributed by atoms with E-state index >= 15 is 0 Å². The van der Waals surface area contributed by atoms with Gasteiger partial charge >= 0.3 is 5.69 Å². The standard InChI is InChI=1S/C25H25N3O5/c1-26-21-19(24(29)27(2)25(26)30)20(15-8-6-5-7-9-15)28-12-13-33-23(22(21)28)17-11-10-16(31-3)14-18(17)32-4/h5-11,14,23H,12-13H2,1-4H3/t23-/m0/s1. The van der Waals surface area contributed by atoms with Crippen LogP contribution in [0.5, 0.6) is 11.5 Å². The molecule has 0 saturated heterocycles. The van der Waals surface area contributed by atoms with Gasteiger partial charge in [-0.1, -0.05) is 30.3 Å². The highest BCUT2D eigenvalue weighted by Crippen LogP contribution is 2.43. The van der Waals surface area contributed by atoms with Crippen LogP contribution in [0.2, 0.25) is 0 Å². The molecule has 5 rings (SSSR count). The van der Waals surface area contributed by atoms with E-state index in [1.54, 1.807) is 27.3 Å². The molecule has 170 valence electrons. The lowest BCUT2D eigenvalue weighted by Crippen LogP contribution is -2.37. The fourth-order valence-electron chi connectivity index (χ4n) is 4.75. The van der Waals surface area contributed by atoms with Crippen molar-refractivity contribution in [2.24, 2.45) is 14.1 Å². The molecular weight excluding hydrogens is 422 g/mol. The number of hydrogen-bond donors (Lipinski definition) is 0. The number of aromatic nitrogens is 3. The molecule has 0 bridgehead atoms. The predicted molar refractivity (Wildman–Crippen MR) is 125 cm³/mol. The van der Waals surface area contributed by atoms with E-state index in [1.807, 2.05) is 42.5 Å². The second-order valence-corrected chi connectivity index (χ2v) is 8.04. The van der Waals surface area contributed by atoms with E-state index in [9.17, 15) is 9.59 Å². The van der Waals surface area contributed by atoms with Crippen LogP contribution in [0.25, 0.3) is 22.2 Å². The van der Waals surface area contributed by atoms with Gasteiger partial charge in [-0.05, 0) is 17.7 Å². The van der Waals surface area contributed by atoms with E-state index in [4.69, 9.17) is 14.2 Å². The summed E-state index contributed by atoms with van der Waals surface area (Å²) in [6, 6.07) is 15.3. The van der Waals surface area contributed by atoms with Crippen molar-refractivity contribution in [1.82, 2.24) is 13.7 Å². The van der Waals surface area contributed by atoms with Gasteiger partial charge in [-0.2, -0.15) is 0 Å². The van der Waals surface area contributed by atoms with Crippen molar-refractivity contribution < 1.29 is 14.2 Å². The number of hydrogen-bond acceptors (Lipinski definition) is 5. The van der Waals surface area contributed by atoms with Gasteiger partial charge in [0.15, 0.2) is 0 Å². The lowest BCUT2D eigenvalue weighted by molar-refractivity contribution is 0.0463. The van der Waals surface area contributed by atoms with Gasteiger partial charge in [-0.15, -0.1) is 0 Å². The average Bonchev–Trinajstić information content (AvgIpc) is 3.22. The second-order valence-electron chi connectivity index (χ2n) is 8.04. The molecule has 8 heteroatoms. The second kappa shape index (κ2) is 7.97. The summed E-state index contributed by atoms with van der Waals surface area (Å²) in [6.45, 7) is 1.00. The third kappa shape index (κ3) is 3.09. The highest BCUT2D eigenvalue weighted by Gasteiger charge is 2.34. The molecule has 1 aliphatic rings. The number of benzene rings is 2. The summed E-state index contributed by atoms with van der Waals surface area (Å²) in [5, 5.41) is 0.503. The molecule has 3 heterocycles. The monoisotopic (exact) mass is 447 g/mol. The summed E-state index contributed by atoms with van der Waals surface area (Å²) < 4.78 is 22.1. The van der Waals surface area contributed by atoms with Crippen molar-refractivity contribution in [3.8, 4) is 22.8 Å². The number of nitrogens with zero attached hydrogens (tertiary/aromatic N) is 3. The molecule has 33 heavy (non-hydrogen) atoms. The zero-order valence-electron chi connectivity index (χ0n) is 19.0. The SMILES string of the molecule is COc1ccc([C@@H]2OCCn3c(-c4ccccc4)c4c(=O)n(C)c(=O)n(C)c4c32)c(OC)c1. The molecule has 0 spiro atoms. The lowest BCUT2D eigenvalue weighted by atomic mass is 10.0. The van der Waals surface area contributed by atoms with E-state index in [2.05, 4.69) is 4.57 Å². The van der Waals surface area contributed by atoms with Crippen molar-refractivity contribution in [2.75, 3.05) is 20.8 Å². The summed E-state index contributed by atoms with van der Waals surface area (Å²) in [6.07, 6.45) is -0.530. The zero-order chi connectivity index (χ0) is 23.3. The maximum Gasteiger partial charge on any atom is 0.331 e. The van der Waals surface area contributed by atoms with Gasteiger partial charge in [-0.25, -0.2) is 4.79 Å². The Morgan fingerprint density at radius 3 is 2.42 bits per heavy atom. The van der Waals surface area contributed by atoms with Crippen molar-refractivity contribution in [3.05, 3.63) is 80.6 Å². The van der Waals surface area contributed by atoms with Crippen LogP contribution < -0.4 is 20.7 Å². The van der Waals surface area contributed by atoms with Crippen LogP contribution in [-0.4, -0.2) is 34.5 Å². The number of fused-ring (bicyclic) bond motifs is 3. The van der Waals surface area contributed by atoms with Crippen LogP contribution in [0.4, 0.5) is 0 Å². The smallest absolute Gasteiger partial charge is 0.331 e. The maximum absolute atomic E-state index is 13.4. The first kappa shape index (κ1) is 21.1. The molecule has 0 unspecified atom stereocenters.